The number of likely N-dealkylation sites (N-methyl/N-ethyl adjacent to an activating group) is 1. The quantitative estimate of drug-likeness (QED) is 0.802. The summed E-state index contributed by atoms with van der Waals surface area (Å²) in [6.45, 7) is 4.36. The zero-order valence-electron chi connectivity index (χ0n) is 13.5. The second-order valence-electron chi connectivity index (χ2n) is 6.88. The molecule has 1 N–H and O–H groups in total. The highest BCUT2D eigenvalue weighted by Gasteiger charge is 2.51. The van der Waals surface area contributed by atoms with E-state index in [-0.39, 0.29) is 23.8 Å². The zero-order valence-corrected chi connectivity index (χ0v) is 13.5. The molecule has 0 spiro atoms. The summed E-state index contributed by atoms with van der Waals surface area (Å²) in [4.78, 5) is 28.8. The van der Waals surface area contributed by atoms with E-state index in [1.807, 2.05) is 0 Å². The Kier molecular flexibility index (Phi) is 4.68. The molecule has 0 radical (unpaired) electrons. The van der Waals surface area contributed by atoms with Crippen LogP contribution in [0.5, 0.6) is 0 Å². The van der Waals surface area contributed by atoms with Crippen molar-refractivity contribution in [1.29, 1.82) is 0 Å². The van der Waals surface area contributed by atoms with Gasteiger partial charge in [-0.2, -0.15) is 0 Å². The molecule has 0 aromatic carbocycles. The number of carbonyl (C=O) groups excluding carboxylic acids is 2. The smallest absolute Gasteiger partial charge is 0.242 e. The Morgan fingerprint density at radius 1 is 1.32 bits per heavy atom. The van der Waals surface area contributed by atoms with E-state index in [1.165, 1.54) is 6.42 Å². The summed E-state index contributed by atoms with van der Waals surface area (Å²) >= 11 is 0. The molecule has 3 rings (SSSR count). The van der Waals surface area contributed by atoms with Gasteiger partial charge in [0.1, 0.15) is 0 Å². The summed E-state index contributed by atoms with van der Waals surface area (Å²) < 4.78 is 5.27. The van der Waals surface area contributed by atoms with Crippen molar-refractivity contribution in [3.05, 3.63) is 0 Å². The summed E-state index contributed by atoms with van der Waals surface area (Å²) in [5, 5.41) is 3.40. The van der Waals surface area contributed by atoms with E-state index in [0.29, 0.717) is 32.2 Å². The third-order valence-electron chi connectivity index (χ3n) is 5.55. The molecular formula is C16H27N3O3. The van der Waals surface area contributed by atoms with Gasteiger partial charge in [-0.05, 0) is 25.3 Å². The second kappa shape index (κ2) is 6.54. The van der Waals surface area contributed by atoms with Gasteiger partial charge in [-0.1, -0.05) is 12.8 Å². The molecule has 2 amide bonds. The topological polar surface area (TPSA) is 61.9 Å². The molecular weight excluding hydrogens is 282 g/mol. The van der Waals surface area contributed by atoms with Crippen molar-refractivity contribution in [3.63, 3.8) is 0 Å². The molecule has 2 atom stereocenters. The van der Waals surface area contributed by atoms with Gasteiger partial charge in [-0.3, -0.25) is 9.59 Å². The van der Waals surface area contributed by atoms with E-state index in [0.717, 1.165) is 32.4 Å². The van der Waals surface area contributed by atoms with Gasteiger partial charge >= 0.3 is 0 Å². The SMILES string of the molecule is CN(CC(=O)N1CCOCC1)C(=O)[C@@]12CCCC[C@H]1CNC2. The Morgan fingerprint density at radius 2 is 2.09 bits per heavy atom. The first-order chi connectivity index (χ1) is 10.6. The van der Waals surface area contributed by atoms with Gasteiger partial charge < -0.3 is 19.9 Å². The first kappa shape index (κ1) is 15.7. The van der Waals surface area contributed by atoms with Crippen LogP contribution in [0.4, 0.5) is 0 Å². The van der Waals surface area contributed by atoms with Crippen molar-refractivity contribution in [3.8, 4) is 0 Å². The van der Waals surface area contributed by atoms with E-state index < -0.39 is 0 Å². The van der Waals surface area contributed by atoms with Gasteiger partial charge in [0, 0.05) is 26.7 Å². The number of hydrogen-bond donors (Lipinski definition) is 1. The monoisotopic (exact) mass is 309 g/mol. The van der Waals surface area contributed by atoms with Crippen LogP contribution in [0.15, 0.2) is 0 Å². The summed E-state index contributed by atoms with van der Waals surface area (Å²) in [5.74, 6) is 0.632. The van der Waals surface area contributed by atoms with Crippen LogP contribution < -0.4 is 5.32 Å². The summed E-state index contributed by atoms with van der Waals surface area (Å²) in [7, 11) is 1.78. The van der Waals surface area contributed by atoms with Crippen LogP contribution >= 0.6 is 0 Å². The van der Waals surface area contributed by atoms with Crippen LogP contribution in [0.2, 0.25) is 0 Å². The number of fused-ring (bicyclic) bond motifs is 1. The van der Waals surface area contributed by atoms with Gasteiger partial charge in [-0.25, -0.2) is 0 Å². The van der Waals surface area contributed by atoms with Crippen LogP contribution in [0.1, 0.15) is 25.7 Å². The van der Waals surface area contributed by atoms with Crippen LogP contribution in [0, 0.1) is 11.3 Å². The summed E-state index contributed by atoms with van der Waals surface area (Å²) in [6, 6.07) is 0. The van der Waals surface area contributed by atoms with Gasteiger partial charge in [0.15, 0.2) is 0 Å². The number of morpholine rings is 1. The Hall–Kier alpha value is -1.14. The largest absolute Gasteiger partial charge is 0.378 e. The minimum Gasteiger partial charge on any atom is -0.378 e. The van der Waals surface area contributed by atoms with E-state index in [1.54, 1.807) is 16.8 Å². The molecule has 2 heterocycles. The lowest BCUT2D eigenvalue weighted by atomic mass is 9.67. The molecule has 6 nitrogen and oxygen atoms in total. The number of nitrogens with zero attached hydrogens (tertiary/aromatic N) is 2. The zero-order chi connectivity index (χ0) is 15.6. The second-order valence-corrected chi connectivity index (χ2v) is 6.88. The van der Waals surface area contributed by atoms with E-state index in [2.05, 4.69) is 5.32 Å². The Balaban J connectivity index is 1.62. The normalized spacial score (nSPS) is 31.7. The Labute approximate surface area is 132 Å². The third kappa shape index (κ3) is 2.86. The molecule has 124 valence electrons. The molecule has 0 aromatic heterocycles. The molecule has 2 saturated heterocycles. The number of hydrogen-bond acceptors (Lipinski definition) is 4. The maximum absolute atomic E-state index is 13.0. The molecule has 3 fully saturated rings. The number of rotatable bonds is 3. The van der Waals surface area contributed by atoms with Crippen molar-refractivity contribution < 1.29 is 14.3 Å². The van der Waals surface area contributed by atoms with E-state index in [4.69, 9.17) is 4.74 Å². The van der Waals surface area contributed by atoms with Crippen molar-refractivity contribution >= 4 is 11.8 Å². The van der Waals surface area contributed by atoms with Crippen LogP contribution in [0.3, 0.4) is 0 Å². The molecule has 2 aliphatic heterocycles. The van der Waals surface area contributed by atoms with Crippen LogP contribution in [0.25, 0.3) is 0 Å². The van der Waals surface area contributed by atoms with Crippen molar-refractivity contribution in [2.45, 2.75) is 25.7 Å². The van der Waals surface area contributed by atoms with Crippen LogP contribution in [-0.4, -0.2) is 74.6 Å². The predicted molar refractivity (Wildman–Crippen MR) is 82.3 cm³/mol. The standard InChI is InChI=1S/C16H27N3O3/c1-18(11-14(20)19-6-8-22-9-7-19)15(21)16-5-3-2-4-13(16)10-17-12-16/h13,17H,2-12H2,1H3/t13-,16+/m0/s1. The molecule has 6 heteroatoms. The molecule has 22 heavy (non-hydrogen) atoms. The van der Waals surface area contributed by atoms with E-state index >= 15 is 0 Å². The van der Waals surface area contributed by atoms with Gasteiger partial charge in [0.2, 0.25) is 11.8 Å². The maximum Gasteiger partial charge on any atom is 0.242 e. The highest BCUT2D eigenvalue weighted by atomic mass is 16.5. The number of nitrogens with one attached hydrogen (secondary N) is 1. The van der Waals surface area contributed by atoms with Crippen molar-refractivity contribution in [1.82, 2.24) is 15.1 Å². The molecule has 0 bridgehead atoms. The summed E-state index contributed by atoms with van der Waals surface area (Å²) in [5.41, 5.74) is -0.266. The van der Waals surface area contributed by atoms with Gasteiger partial charge in [-0.15, -0.1) is 0 Å². The lowest BCUT2D eigenvalue weighted by Crippen LogP contribution is -2.52. The summed E-state index contributed by atoms with van der Waals surface area (Å²) in [6.07, 6.45) is 4.43. The molecule has 3 aliphatic rings. The number of carbonyl (C=O) groups is 2. The lowest BCUT2D eigenvalue weighted by Gasteiger charge is -2.40. The molecule has 0 unspecified atom stereocenters. The third-order valence-corrected chi connectivity index (χ3v) is 5.55. The predicted octanol–water partition coefficient (Wildman–Crippen LogP) is 0.0834. The number of ether oxygens (including phenoxy) is 1. The highest BCUT2D eigenvalue weighted by molar-refractivity contribution is 5.88. The van der Waals surface area contributed by atoms with Gasteiger partial charge in [0.05, 0.1) is 25.2 Å². The fourth-order valence-corrected chi connectivity index (χ4v) is 4.24. The average molecular weight is 309 g/mol. The van der Waals surface area contributed by atoms with Crippen molar-refractivity contribution in [2.24, 2.45) is 11.3 Å². The molecule has 1 saturated carbocycles. The first-order valence-corrected chi connectivity index (χ1v) is 8.45. The van der Waals surface area contributed by atoms with E-state index in [9.17, 15) is 9.59 Å². The fraction of sp³-hybridized carbons (Fsp3) is 0.875. The van der Waals surface area contributed by atoms with Crippen LogP contribution in [-0.2, 0) is 14.3 Å². The minimum absolute atomic E-state index is 0.0360. The Bertz CT molecular complexity index is 436. The van der Waals surface area contributed by atoms with Gasteiger partial charge in [0.25, 0.3) is 0 Å². The fourth-order valence-electron chi connectivity index (χ4n) is 4.24. The maximum atomic E-state index is 13.0. The molecule has 0 aromatic rings. The molecule has 1 aliphatic carbocycles. The first-order valence-electron chi connectivity index (χ1n) is 8.45. The minimum atomic E-state index is -0.266. The van der Waals surface area contributed by atoms with Crippen molar-refractivity contribution in [2.75, 3.05) is 53.0 Å². The number of amides is 2. The Morgan fingerprint density at radius 3 is 2.86 bits per heavy atom. The highest BCUT2D eigenvalue weighted by Crippen LogP contribution is 2.44. The lowest BCUT2D eigenvalue weighted by molar-refractivity contribution is -0.149. The average Bonchev–Trinajstić information content (AvgIpc) is 3.00.